The predicted molar refractivity (Wildman–Crippen MR) is 190 cm³/mol. The van der Waals surface area contributed by atoms with Crippen LogP contribution in [-0.2, 0) is 12.8 Å². The molecule has 0 aliphatic heterocycles. The highest BCUT2D eigenvalue weighted by molar-refractivity contribution is 6.00. The average Bonchev–Trinajstić information content (AvgIpc) is 3.10. The second kappa shape index (κ2) is 12.1. The fourth-order valence-corrected chi connectivity index (χ4v) is 6.17. The molecule has 0 saturated carbocycles. The molecule has 0 bridgehead atoms. The van der Waals surface area contributed by atoms with Crippen molar-refractivity contribution in [1.82, 2.24) is 0 Å². The first-order valence-corrected chi connectivity index (χ1v) is 15.6. The summed E-state index contributed by atoms with van der Waals surface area (Å²) in [6.07, 6.45) is 2.04. The molecule has 2 nitrogen and oxygen atoms in total. The molecular weight excluding hydrogens is 532 g/mol. The maximum Gasteiger partial charge on any atom is 0.0540 e. The summed E-state index contributed by atoms with van der Waals surface area (Å²) in [6.45, 7) is 4.40. The third-order valence-corrected chi connectivity index (χ3v) is 8.59. The Balaban J connectivity index is 1.37. The summed E-state index contributed by atoms with van der Waals surface area (Å²) < 4.78 is 0. The Labute approximate surface area is 260 Å². The van der Waals surface area contributed by atoms with E-state index in [9.17, 15) is 0 Å². The molecule has 7 aromatic rings. The van der Waals surface area contributed by atoms with E-state index in [4.69, 9.17) is 0 Å². The topological polar surface area (TPSA) is 6.48 Å². The number of hydrogen-bond donors (Lipinski definition) is 0. The molecule has 2 heteroatoms. The first-order valence-electron chi connectivity index (χ1n) is 15.6. The maximum absolute atomic E-state index is 2.38. The Kier molecular flexibility index (Phi) is 7.56. The molecule has 0 atom stereocenters. The van der Waals surface area contributed by atoms with Crippen molar-refractivity contribution < 1.29 is 0 Å². The molecular formula is C42H36N2. The number of anilines is 6. The standard InChI is InChI=1S/C42H36N2/c1-3-31-19-23-35(24-20-31)43(41-17-9-13-33-11-5-7-15-39(33)41)37-27-29-38(30-28-37)44(36-25-21-32(4-2)22-26-36)42-18-10-14-34-12-6-8-16-40(34)42/h5-30H,3-4H2,1-2H3. The lowest BCUT2D eigenvalue weighted by Gasteiger charge is -2.29. The van der Waals surface area contributed by atoms with Crippen molar-refractivity contribution in [2.75, 3.05) is 9.80 Å². The van der Waals surface area contributed by atoms with E-state index >= 15 is 0 Å². The highest BCUT2D eigenvalue weighted by Gasteiger charge is 2.18. The van der Waals surface area contributed by atoms with Gasteiger partial charge in [0, 0.05) is 33.5 Å². The van der Waals surface area contributed by atoms with Crippen molar-refractivity contribution in [2.45, 2.75) is 26.7 Å². The predicted octanol–water partition coefficient (Wildman–Crippen LogP) is 12.1. The molecule has 0 aliphatic rings. The van der Waals surface area contributed by atoms with Crippen molar-refractivity contribution in [2.24, 2.45) is 0 Å². The van der Waals surface area contributed by atoms with Gasteiger partial charge in [0.05, 0.1) is 11.4 Å². The highest BCUT2D eigenvalue weighted by Crippen LogP contribution is 2.42. The summed E-state index contributed by atoms with van der Waals surface area (Å²) in [6, 6.07) is 57.3. The summed E-state index contributed by atoms with van der Waals surface area (Å²) in [5, 5.41) is 4.92. The summed E-state index contributed by atoms with van der Waals surface area (Å²) in [4.78, 5) is 4.76. The van der Waals surface area contributed by atoms with E-state index in [0.717, 1.165) is 35.6 Å². The van der Waals surface area contributed by atoms with Crippen molar-refractivity contribution >= 4 is 55.7 Å². The lowest BCUT2D eigenvalue weighted by molar-refractivity contribution is 1.14. The number of aryl methyl sites for hydroxylation is 2. The minimum atomic E-state index is 1.02. The van der Waals surface area contributed by atoms with Crippen molar-refractivity contribution in [3.8, 4) is 0 Å². The van der Waals surface area contributed by atoms with Crippen LogP contribution >= 0.6 is 0 Å². The zero-order valence-corrected chi connectivity index (χ0v) is 25.3. The average molecular weight is 569 g/mol. The Morgan fingerprint density at radius 3 is 1.02 bits per heavy atom. The summed E-state index contributed by atoms with van der Waals surface area (Å²) in [5.41, 5.74) is 9.53. The quantitative estimate of drug-likeness (QED) is 0.180. The van der Waals surface area contributed by atoms with E-state index in [1.165, 1.54) is 44.0 Å². The van der Waals surface area contributed by atoms with E-state index in [1.54, 1.807) is 0 Å². The minimum Gasteiger partial charge on any atom is -0.310 e. The molecule has 7 rings (SSSR count). The highest BCUT2D eigenvalue weighted by atomic mass is 15.2. The molecule has 0 N–H and O–H groups in total. The van der Waals surface area contributed by atoms with Gasteiger partial charge in [-0.1, -0.05) is 111 Å². The Bertz CT molecular complexity index is 1860. The normalized spacial score (nSPS) is 11.1. The van der Waals surface area contributed by atoms with Crippen LogP contribution < -0.4 is 9.80 Å². The number of hydrogen-bond acceptors (Lipinski definition) is 2. The van der Waals surface area contributed by atoms with Gasteiger partial charge in [-0.25, -0.2) is 0 Å². The smallest absolute Gasteiger partial charge is 0.0540 e. The van der Waals surface area contributed by atoms with Gasteiger partial charge < -0.3 is 9.80 Å². The van der Waals surface area contributed by atoms with Crippen LogP contribution in [0.15, 0.2) is 158 Å². The molecule has 0 spiro atoms. The fourth-order valence-electron chi connectivity index (χ4n) is 6.17. The molecule has 44 heavy (non-hydrogen) atoms. The van der Waals surface area contributed by atoms with Crippen LogP contribution in [-0.4, -0.2) is 0 Å². The van der Waals surface area contributed by atoms with Crippen LogP contribution in [0.2, 0.25) is 0 Å². The first kappa shape index (κ1) is 27.5. The van der Waals surface area contributed by atoms with Crippen molar-refractivity contribution in [3.63, 3.8) is 0 Å². The van der Waals surface area contributed by atoms with Crippen molar-refractivity contribution in [3.05, 3.63) is 169 Å². The third kappa shape index (κ3) is 5.20. The van der Waals surface area contributed by atoms with Gasteiger partial charge in [0.2, 0.25) is 0 Å². The molecule has 7 aromatic carbocycles. The van der Waals surface area contributed by atoms with Gasteiger partial charge in [0.15, 0.2) is 0 Å². The second-order valence-corrected chi connectivity index (χ2v) is 11.2. The third-order valence-electron chi connectivity index (χ3n) is 8.59. The van der Waals surface area contributed by atoms with Gasteiger partial charge in [0.1, 0.15) is 0 Å². The monoisotopic (exact) mass is 568 g/mol. The van der Waals surface area contributed by atoms with Crippen LogP contribution in [0.1, 0.15) is 25.0 Å². The Morgan fingerprint density at radius 2 is 0.659 bits per heavy atom. The van der Waals surface area contributed by atoms with Crippen LogP contribution in [0.25, 0.3) is 21.5 Å². The number of benzene rings is 7. The molecule has 0 radical (unpaired) electrons. The largest absolute Gasteiger partial charge is 0.310 e. The molecule has 214 valence electrons. The first-order chi connectivity index (χ1) is 21.7. The zero-order chi connectivity index (χ0) is 29.9. The van der Waals surface area contributed by atoms with Crippen molar-refractivity contribution in [1.29, 1.82) is 0 Å². The van der Waals surface area contributed by atoms with Gasteiger partial charge in [-0.2, -0.15) is 0 Å². The molecule has 0 amide bonds. The number of nitrogens with zero attached hydrogens (tertiary/aromatic N) is 2. The van der Waals surface area contributed by atoms with Crippen LogP contribution in [0.4, 0.5) is 34.1 Å². The van der Waals surface area contributed by atoms with Crippen LogP contribution in [0, 0.1) is 0 Å². The lowest BCUT2D eigenvalue weighted by Crippen LogP contribution is -2.13. The summed E-state index contributed by atoms with van der Waals surface area (Å²) in [7, 11) is 0. The lowest BCUT2D eigenvalue weighted by atomic mass is 10.0. The maximum atomic E-state index is 2.38. The number of rotatable bonds is 8. The number of fused-ring (bicyclic) bond motifs is 2. The summed E-state index contributed by atoms with van der Waals surface area (Å²) >= 11 is 0. The van der Waals surface area contributed by atoms with Crippen LogP contribution in [0.5, 0.6) is 0 Å². The Hall–Kier alpha value is -5.34. The fraction of sp³-hybridized carbons (Fsp3) is 0.0952. The molecule has 0 saturated heterocycles. The molecule has 0 aliphatic carbocycles. The molecule has 0 unspecified atom stereocenters. The molecule has 0 aromatic heterocycles. The van der Waals surface area contributed by atoms with Crippen LogP contribution in [0.3, 0.4) is 0 Å². The minimum absolute atomic E-state index is 1.02. The second-order valence-electron chi connectivity index (χ2n) is 11.2. The van der Waals surface area contributed by atoms with E-state index in [-0.39, 0.29) is 0 Å². The van der Waals surface area contributed by atoms with Gasteiger partial charge >= 0.3 is 0 Å². The van der Waals surface area contributed by atoms with E-state index in [1.807, 2.05) is 0 Å². The molecule has 0 heterocycles. The van der Waals surface area contributed by atoms with E-state index in [2.05, 4.69) is 181 Å². The molecule has 0 fully saturated rings. The van der Waals surface area contributed by atoms with Gasteiger partial charge in [-0.3, -0.25) is 0 Å². The van der Waals surface area contributed by atoms with Gasteiger partial charge in [-0.15, -0.1) is 0 Å². The SMILES string of the molecule is CCc1ccc(N(c2ccc(N(c3ccc(CC)cc3)c3cccc4ccccc34)cc2)c2cccc3ccccc23)cc1. The van der Waals surface area contributed by atoms with Gasteiger partial charge in [-0.05, 0) is 95.4 Å². The van der Waals surface area contributed by atoms with E-state index in [0.29, 0.717) is 0 Å². The Morgan fingerprint density at radius 1 is 0.341 bits per heavy atom. The summed E-state index contributed by atoms with van der Waals surface area (Å²) in [5.74, 6) is 0. The van der Waals surface area contributed by atoms with Gasteiger partial charge in [0.25, 0.3) is 0 Å². The van der Waals surface area contributed by atoms with E-state index < -0.39 is 0 Å². The zero-order valence-electron chi connectivity index (χ0n) is 25.3.